The summed E-state index contributed by atoms with van der Waals surface area (Å²) < 4.78 is 1.61. The lowest BCUT2D eigenvalue weighted by atomic mass is 9.99. The van der Waals surface area contributed by atoms with Gasteiger partial charge in [-0.05, 0) is 56.0 Å². The van der Waals surface area contributed by atoms with Gasteiger partial charge >= 0.3 is 5.69 Å². The Morgan fingerprint density at radius 1 is 0.975 bits per heavy atom. The molecule has 1 fully saturated rings. The zero-order valence-electron chi connectivity index (χ0n) is 22.5. The van der Waals surface area contributed by atoms with Crippen LogP contribution in [0.15, 0.2) is 84.2 Å². The first kappa shape index (κ1) is 26.0. The Bertz CT molecular complexity index is 1740. The van der Waals surface area contributed by atoms with Crippen molar-refractivity contribution in [1.82, 2.24) is 19.4 Å². The average molecular weight is 552 g/mol. The third kappa shape index (κ3) is 4.40. The number of amides is 1. The molecule has 202 valence electrons. The fourth-order valence-corrected chi connectivity index (χ4v) is 6.08. The number of piperazine rings is 1. The number of anilines is 1. The maximum absolute atomic E-state index is 13.9. The molecule has 2 aromatic carbocycles. The normalized spacial score (nSPS) is 19.4. The minimum Gasteiger partial charge on any atom is -0.349 e. The molecule has 40 heavy (non-hydrogen) atoms. The minimum atomic E-state index is -0.408. The first-order valence-electron chi connectivity index (χ1n) is 13.5. The molecular weight excluding hydrogens is 522 g/mol. The lowest BCUT2D eigenvalue weighted by Gasteiger charge is -2.44. The number of benzene rings is 2. The van der Waals surface area contributed by atoms with Gasteiger partial charge < -0.3 is 9.80 Å². The highest BCUT2D eigenvalue weighted by Gasteiger charge is 2.33. The first-order valence-corrected chi connectivity index (χ1v) is 13.9. The van der Waals surface area contributed by atoms with Gasteiger partial charge in [0.15, 0.2) is 5.65 Å². The van der Waals surface area contributed by atoms with E-state index in [1.807, 2.05) is 62.4 Å². The number of halogens is 1. The Labute approximate surface area is 238 Å². The molecule has 6 rings (SSSR count). The molecule has 2 aliphatic heterocycles. The molecule has 7 nitrogen and oxygen atoms in total. The summed E-state index contributed by atoms with van der Waals surface area (Å²) in [6.07, 6.45) is 7.04. The summed E-state index contributed by atoms with van der Waals surface area (Å²) in [4.78, 5) is 40.0. The first-order chi connectivity index (χ1) is 19.4. The molecule has 4 heterocycles. The van der Waals surface area contributed by atoms with E-state index in [4.69, 9.17) is 16.6 Å². The third-order valence-electron chi connectivity index (χ3n) is 7.86. The van der Waals surface area contributed by atoms with E-state index < -0.39 is 5.69 Å². The predicted molar refractivity (Wildman–Crippen MR) is 160 cm³/mol. The van der Waals surface area contributed by atoms with Crippen molar-refractivity contribution in [3.05, 3.63) is 106 Å². The van der Waals surface area contributed by atoms with Crippen LogP contribution in [0.3, 0.4) is 0 Å². The molecule has 4 aromatic rings. The van der Waals surface area contributed by atoms with E-state index in [0.717, 1.165) is 28.8 Å². The zero-order valence-corrected chi connectivity index (χ0v) is 23.3. The van der Waals surface area contributed by atoms with E-state index in [-0.39, 0.29) is 18.0 Å². The monoisotopic (exact) mass is 551 g/mol. The van der Waals surface area contributed by atoms with Crippen LogP contribution < -0.4 is 10.6 Å². The van der Waals surface area contributed by atoms with Crippen LogP contribution in [0.5, 0.6) is 0 Å². The second kappa shape index (κ2) is 10.4. The lowest BCUT2D eigenvalue weighted by molar-refractivity contribution is -0.128. The Balaban J connectivity index is 1.63. The molecular formula is C32H30ClN5O2. The van der Waals surface area contributed by atoms with Crippen molar-refractivity contribution in [2.24, 2.45) is 0 Å². The Morgan fingerprint density at radius 3 is 2.45 bits per heavy atom. The molecule has 2 bridgehead atoms. The highest BCUT2D eigenvalue weighted by Crippen LogP contribution is 2.36. The van der Waals surface area contributed by atoms with Crippen LogP contribution in [-0.2, 0) is 17.6 Å². The number of fused-ring (bicyclic) bond motifs is 5. The van der Waals surface area contributed by atoms with Crippen LogP contribution in [0.25, 0.3) is 28.0 Å². The Kier molecular flexibility index (Phi) is 6.76. The van der Waals surface area contributed by atoms with Crippen molar-refractivity contribution < 1.29 is 4.79 Å². The van der Waals surface area contributed by atoms with Crippen molar-refractivity contribution in [2.75, 3.05) is 18.0 Å². The molecule has 0 saturated carbocycles. The number of carbonyl (C=O) groups excluding carboxylic acids is 1. The smallest absolute Gasteiger partial charge is 0.349 e. The molecule has 0 aliphatic carbocycles. The van der Waals surface area contributed by atoms with E-state index in [0.29, 0.717) is 47.1 Å². The van der Waals surface area contributed by atoms with Crippen LogP contribution in [-0.4, -0.2) is 50.5 Å². The molecule has 8 heteroatoms. The number of carbonyl (C=O) groups is 1. The molecule has 2 aliphatic rings. The number of pyridine rings is 1. The fraction of sp³-hybridized carbons (Fsp3) is 0.250. The van der Waals surface area contributed by atoms with Gasteiger partial charge in [0, 0.05) is 30.7 Å². The zero-order chi connectivity index (χ0) is 28.0. The van der Waals surface area contributed by atoms with Crippen molar-refractivity contribution in [3.8, 4) is 16.9 Å². The molecule has 2 unspecified atom stereocenters. The maximum Gasteiger partial charge on any atom is 0.355 e. The van der Waals surface area contributed by atoms with Crippen LogP contribution in [0.1, 0.15) is 25.0 Å². The summed E-state index contributed by atoms with van der Waals surface area (Å²) in [5.41, 5.74) is 4.52. The highest BCUT2D eigenvalue weighted by atomic mass is 35.5. The second-order valence-corrected chi connectivity index (χ2v) is 10.9. The van der Waals surface area contributed by atoms with Gasteiger partial charge in [-0.1, -0.05) is 72.8 Å². The summed E-state index contributed by atoms with van der Waals surface area (Å²) in [6, 6.07) is 17.7. The van der Waals surface area contributed by atoms with Crippen LogP contribution >= 0.6 is 11.6 Å². The lowest BCUT2D eigenvalue weighted by Crippen LogP contribution is -2.58. The third-order valence-corrected chi connectivity index (χ3v) is 8.15. The van der Waals surface area contributed by atoms with E-state index in [1.54, 1.807) is 9.47 Å². The highest BCUT2D eigenvalue weighted by molar-refractivity contribution is 6.34. The molecule has 2 atom stereocenters. The molecule has 1 amide bonds. The molecule has 1 saturated heterocycles. The molecule has 0 spiro atoms. The van der Waals surface area contributed by atoms with Gasteiger partial charge in [0.1, 0.15) is 5.82 Å². The van der Waals surface area contributed by atoms with Crippen molar-refractivity contribution in [1.29, 1.82) is 0 Å². The maximum atomic E-state index is 13.9. The predicted octanol–water partition coefficient (Wildman–Crippen LogP) is 5.37. The number of nitrogens with zero attached hydrogens (tertiary/aromatic N) is 5. The largest absolute Gasteiger partial charge is 0.355 e. The molecule has 0 radical (unpaired) electrons. The van der Waals surface area contributed by atoms with Gasteiger partial charge in [0.2, 0.25) is 5.91 Å². The topological polar surface area (TPSA) is 71.3 Å². The fourth-order valence-electron chi connectivity index (χ4n) is 5.83. The van der Waals surface area contributed by atoms with Gasteiger partial charge in [-0.2, -0.15) is 4.98 Å². The van der Waals surface area contributed by atoms with E-state index in [1.165, 1.54) is 6.08 Å². The van der Waals surface area contributed by atoms with Gasteiger partial charge in [0.05, 0.1) is 21.8 Å². The average Bonchev–Trinajstić information content (AvgIpc) is 2.95. The van der Waals surface area contributed by atoms with Crippen molar-refractivity contribution in [2.45, 2.75) is 38.8 Å². The number of rotatable bonds is 2. The van der Waals surface area contributed by atoms with Crippen LogP contribution in [0.2, 0.25) is 5.02 Å². The van der Waals surface area contributed by atoms with Gasteiger partial charge in [0.25, 0.3) is 0 Å². The van der Waals surface area contributed by atoms with E-state index in [9.17, 15) is 9.59 Å². The number of hydrogen-bond acceptors (Lipinski definition) is 5. The summed E-state index contributed by atoms with van der Waals surface area (Å²) >= 11 is 6.97. The summed E-state index contributed by atoms with van der Waals surface area (Å²) in [5, 5.41) is 1.18. The van der Waals surface area contributed by atoms with Crippen LogP contribution in [0.4, 0.5) is 5.82 Å². The number of hydrogen-bond donors (Lipinski definition) is 0. The standard InChI is InChI=1S/C32H30ClN5O2/c1-4-28(39)36-18-21(3)37(19-20(36)2)30-25-17-26(33)29-24-15-9-7-12-22(24)11-5-6-13-23-14-8-10-16-27(23)38(31(25)34-29)32(40)35-30/h4-10,12,14-17,20-21H,1,11,13,18-19H2,2-3H3/b6-5+. The molecule has 2 aromatic heterocycles. The summed E-state index contributed by atoms with van der Waals surface area (Å²) in [7, 11) is 0. The SMILES string of the molecule is C=CC(=O)N1CC(C)N(c2nc(=O)n3c4nc(c(Cl)cc24)-c2ccccc2C/C=C/Cc2ccccc2-3)CC1C. The van der Waals surface area contributed by atoms with E-state index >= 15 is 0 Å². The summed E-state index contributed by atoms with van der Waals surface area (Å²) in [5.74, 6) is 0.423. The van der Waals surface area contributed by atoms with Crippen molar-refractivity contribution in [3.63, 3.8) is 0 Å². The van der Waals surface area contributed by atoms with Gasteiger partial charge in [-0.25, -0.2) is 14.3 Å². The number of para-hydroxylation sites is 1. The second-order valence-electron chi connectivity index (χ2n) is 10.5. The van der Waals surface area contributed by atoms with E-state index in [2.05, 4.69) is 34.7 Å². The van der Waals surface area contributed by atoms with Gasteiger partial charge in [-0.15, -0.1) is 0 Å². The molecule has 0 N–H and O–H groups in total. The Hall–Kier alpha value is -4.23. The van der Waals surface area contributed by atoms with Crippen LogP contribution in [0, 0.1) is 0 Å². The summed E-state index contributed by atoms with van der Waals surface area (Å²) in [6.45, 7) is 8.67. The number of allylic oxidation sites excluding steroid dienone is 2. The van der Waals surface area contributed by atoms with Gasteiger partial charge in [-0.3, -0.25) is 4.79 Å². The minimum absolute atomic E-state index is 0.0896. The Morgan fingerprint density at radius 2 is 1.68 bits per heavy atom. The van der Waals surface area contributed by atoms with Crippen molar-refractivity contribution >= 4 is 34.4 Å². The quantitative estimate of drug-likeness (QED) is 0.247. The number of aromatic nitrogens is 3.